The fourth-order valence-corrected chi connectivity index (χ4v) is 3.78. The second-order valence-electron chi connectivity index (χ2n) is 6.93. The molecular formula is C17H26F2N4O2. The van der Waals surface area contributed by atoms with Crippen LogP contribution in [0.15, 0.2) is 12.3 Å². The summed E-state index contributed by atoms with van der Waals surface area (Å²) in [6.07, 6.45) is 1.59. The minimum absolute atomic E-state index is 0.0346. The molecule has 6 nitrogen and oxygen atoms in total. The number of likely N-dealkylation sites (tertiary alicyclic amines) is 1. The lowest BCUT2D eigenvalue weighted by molar-refractivity contribution is -0.126. The Kier molecular flexibility index (Phi) is 6.01. The number of carbonyl (C=O) groups excluding carboxylic acids is 1. The number of ether oxygens (including phenoxy) is 1. The van der Waals surface area contributed by atoms with Gasteiger partial charge in [0.25, 0.3) is 6.43 Å². The van der Waals surface area contributed by atoms with E-state index in [2.05, 4.69) is 10.4 Å². The van der Waals surface area contributed by atoms with E-state index in [1.165, 1.54) is 0 Å². The zero-order valence-corrected chi connectivity index (χ0v) is 14.5. The molecule has 0 bridgehead atoms. The van der Waals surface area contributed by atoms with E-state index in [-0.39, 0.29) is 30.4 Å². The molecule has 2 atom stereocenters. The average Bonchev–Trinajstić information content (AvgIpc) is 3.21. The highest BCUT2D eigenvalue weighted by atomic mass is 19.3. The molecule has 3 rings (SSSR count). The largest absolute Gasteiger partial charge is 0.372 e. The Labute approximate surface area is 146 Å². The number of aryl methyl sites for hydroxylation is 1. The van der Waals surface area contributed by atoms with Crippen LogP contribution in [0.3, 0.4) is 0 Å². The third kappa shape index (κ3) is 4.55. The standard InChI is InChI=1S/C17H26F2N4O2/c1-22-14(2-6-21-22)16-13(5-9-25-16)10-20-17(24)12-3-7-23(8-4-12)11-15(18)19/h2,6,12-13,15-16H,3-5,7-11H2,1H3,(H,20,24)/t13-,16+/m0/s1. The quantitative estimate of drug-likeness (QED) is 0.841. The maximum atomic E-state index is 12.4. The minimum atomic E-state index is -2.31. The molecule has 2 fully saturated rings. The number of alkyl halides is 2. The molecule has 140 valence electrons. The summed E-state index contributed by atoms with van der Waals surface area (Å²) in [5.74, 6) is 0.192. The Bertz CT molecular complexity index is 573. The topological polar surface area (TPSA) is 59.4 Å². The third-order valence-corrected chi connectivity index (χ3v) is 5.26. The van der Waals surface area contributed by atoms with Gasteiger partial charge in [-0.3, -0.25) is 14.4 Å². The molecule has 25 heavy (non-hydrogen) atoms. The average molecular weight is 356 g/mol. The Hall–Kier alpha value is -1.54. The number of amides is 1. The lowest BCUT2D eigenvalue weighted by atomic mass is 9.94. The summed E-state index contributed by atoms with van der Waals surface area (Å²) in [7, 11) is 1.89. The van der Waals surface area contributed by atoms with Gasteiger partial charge < -0.3 is 10.1 Å². The van der Waals surface area contributed by atoms with Crippen LogP contribution in [-0.2, 0) is 16.6 Å². The van der Waals surface area contributed by atoms with Crippen molar-refractivity contribution in [1.82, 2.24) is 20.0 Å². The number of aromatic nitrogens is 2. The fourth-order valence-electron chi connectivity index (χ4n) is 3.78. The van der Waals surface area contributed by atoms with Crippen LogP contribution in [0.1, 0.15) is 31.1 Å². The molecule has 0 saturated carbocycles. The molecule has 1 N–H and O–H groups in total. The van der Waals surface area contributed by atoms with Gasteiger partial charge in [-0.25, -0.2) is 8.78 Å². The van der Waals surface area contributed by atoms with Crippen LogP contribution in [0, 0.1) is 11.8 Å². The Morgan fingerprint density at radius 1 is 1.40 bits per heavy atom. The van der Waals surface area contributed by atoms with Crippen molar-refractivity contribution < 1.29 is 18.3 Å². The van der Waals surface area contributed by atoms with Crippen molar-refractivity contribution in [3.63, 3.8) is 0 Å². The molecule has 8 heteroatoms. The van der Waals surface area contributed by atoms with Gasteiger partial charge in [0, 0.05) is 38.2 Å². The van der Waals surface area contributed by atoms with Crippen molar-refractivity contribution in [3.05, 3.63) is 18.0 Å². The van der Waals surface area contributed by atoms with E-state index in [1.54, 1.807) is 11.1 Å². The number of nitrogens with zero attached hydrogens (tertiary/aromatic N) is 3. The number of halogens is 2. The van der Waals surface area contributed by atoms with Gasteiger partial charge in [0.1, 0.15) is 6.10 Å². The first-order valence-corrected chi connectivity index (χ1v) is 8.92. The highest BCUT2D eigenvalue weighted by Gasteiger charge is 2.33. The van der Waals surface area contributed by atoms with Crippen molar-refractivity contribution in [3.8, 4) is 0 Å². The van der Waals surface area contributed by atoms with Gasteiger partial charge in [-0.2, -0.15) is 5.10 Å². The SMILES string of the molecule is Cn1nccc1[C@@H]1OCC[C@H]1CNC(=O)C1CCN(CC(F)F)CC1. The molecule has 2 aliphatic heterocycles. The van der Waals surface area contributed by atoms with Crippen molar-refractivity contribution in [2.75, 3.05) is 32.8 Å². The number of carbonyl (C=O) groups is 1. The van der Waals surface area contributed by atoms with Crippen LogP contribution < -0.4 is 5.32 Å². The summed E-state index contributed by atoms with van der Waals surface area (Å²) in [5, 5.41) is 7.23. The van der Waals surface area contributed by atoms with E-state index in [0.717, 1.165) is 12.1 Å². The van der Waals surface area contributed by atoms with E-state index in [0.29, 0.717) is 39.1 Å². The molecule has 0 unspecified atom stereocenters. The highest BCUT2D eigenvalue weighted by Crippen LogP contribution is 2.33. The molecule has 1 amide bonds. The fraction of sp³-hybridized carbons (Fsp3) is 0.765. The van der Waals surface area contributed by atoms with Crippen LogP contribution in [0.2, 0.25) is 0 Å². The number of hydrogen-bond donors (Lipinski definition) is 1. The van der Waals surface area contributed by atoms with Crippen molar-refractivity contribution in [1.29, 1.82) is 0 Å². The maximum absolute atomic E-state index is 12.4. The van der Waals surface area contributed by atoms with E-state index in [1.807, 2.05) is 17.8 Å². The molecule has 1 aromatic heterocycles. The third-order valence-electron chi connectivity index (χ3n) is 5.26. The molecular weight excluding hydrogens is 330 g/mol. The molecule has 0 radical (unpaired) electrons. The second-order valence-corrected chi connectivity index (χ2v) is 6.93. The Balaban J connectivity index is 1.45. The van der Waals surface area contributed by atoms with Gasteiger partial charge in [-0.1, -0.05) is 0 Å². The Morgan fingerprint density at radius 2 is 2.16 bits per heavy atom. The summed E-state index contributed by atoms with van der Waals surface area (Å²) in [6, 6.07) is 1.95. The van der Waals surface area contributed by atoms with Gasteiger partial charge in [0.2, 0.25) is 5.91 Å². The molecule has 2 aliphatic rings. The summed E-state index contributed by atoms with van der Waals surface area (Å²) >= 11 is 0. The van der Waals surface area contributed by atoms with Gasteiger partial charge in [0.15, 0.2) is 0 Å². The molecule has 1 aromatic rings. The second kappa shape index (κ2) is 8.23. The van der Waals surface area contributed by atoms with Gasteiger partial charge in [-0.15, -0.1) is 0 Å². The van der Waals surface area contributed by atoms with Gasteiger partial charge in [0.05, 0.1) is 12.2 Å². The Morgan fingerprint density at radius 3 is 2.80 bits per heavy atom. The van der Waals surface area contributed by atoms with Crippen molar-refractivity contribution in [2.45, 2.75) is 31.8 Å². The summed E-state index contributed by atoms with van der Waals surface area (Å²) in [4.78, 5) is 14.1. The molecule has 0 aliphatic carbocycles. The first-order chi connectivity index (χ1) is 12.0. The first-order valence-electron chi connectivity index (χ1n) is 8.92. The highest BCUT2D eigenvalue weighted by molar-refractivity contribution is 5.78. The lowest BCUT2D eigenvalue weighted by Crippen LogP contribution is -2.43. The summed E-state index contributed by atoms with van der Waals surface area (Å²) in [5.41, 5.74) is 1.03. The van der Waals surface area contributed by atoms with Crippen molar-refractivity contribution in [2.24, 2.45) is 18.9 Å². The van der Waals surface area contributed by atoms with Gasteiger partial charge in [-0.05, 0) is 38.4 Å². The predicted octanol–water partition coefficient (Wildman–Crippen LogP) is 1.59. The van der Waals surface area contributed by atoms with Crippen LogP contribution in [0.5, 0.6) is 0 Å². The molecule has 2 saturated heterocycles. The zero-order chi connectivity index (χ0) is 17.8. The zero-order valence-electron chi connectivity index (χ0n) is 14.5. The lowest BCUT2D eigenvalue weighted by Gasteiger charge is -2.31. The van der Waals surface area contributed by atoms with Crippen LogP contribution in [0.4, 0.5) is 8.78 Å². The van der Waals surface area contributed by atoms with E-state index < -0.39 is 6.43 Å². The summed E-state index contributed by atoms with van der Waals surface area (Å²) < 4.78 is 32.5. The number of hydrogen-bond acceptors (Lipinski definition) is 4. The normalized spacial score (nSPS) is 25.6. The first kappa shape index (κ1) is 18.3. The number of rotatable bonds is 6. The predicted molar refractivity (Wildman–Crippen MR) is 88.2 cm³/mol. The maximum Gasteiger partial charge on any atom is 0.251 e. The van der Waals surface area contributed by atoms with E-state index in [9.17, 15) is 13.6 Å². The van der Waals surface area contributed by atoms with Gasteiger partial charge >= 0.3 is 0 Å². The molecule has 3 heterocycles. The van der Waals surface area contributed by atoms with E-state index in [4.69, 9.17) is 4.74 Å². The monoisotopic (exact) mass is 356 g/mol. The van der Waals surface area contributed by atoms with E-state index >= 15 is 0 Å². The smallest absolute Gasteiger partial charge is 0.251 e. The molecule has 0 aromatic carbocycles. The minimum Gasteiger partial charge on any atom is -0.372 e. The van der Waals surface area contributed by atoms with Crippen molar-refractivity contribution >= 4 is 5.91 Å². The number of piperidine rings is 1. The molecule has 0 spiro atoms. The number of nitrogens with one attached hydrogen (secondary N) is 1. The van der Waals surface area contributed by atoms with Crippen LogP contribution in [0.25, 0.3) is 0 Å². The van der Waals surface area contributed by atoms with Crippen LogP contribution >= 0.6 is 0 Å². The summed E-state index contributed by atoms with van der Waals surface area (Å²) in [6.45, 7) is 2.19. The van der Waals surface area contributed by atoms with Crippen LogP contribution in [-0.4, -0.2) is 59.8 Å².